The average Bonchev–Trinajstić information content (AvgIpc) is 2.95. The third kappa shape index (κ3) is 3.34. The molecule has 0 unspecified atom stereocenters. The fourth-order valence-electron chi connectivity index (χ4n) is 4.10. The summed E-state index contributed by atoms with van der Waals surface area (Å²) in [6.07, 6.45) is 2.47. The maximum atomic E-state index is 13.2. The van der Waals surface area contributed by atoms with Crippen LogP contribution in [0.1, 0.15) is 29.5 Å². The number of urea groups is 1. The zero-order valence-electron chi connectivity index (χ0n) is 15.8. The number of aryl methyl sites for hydroxylation is 1. The fraction of sp³-hybridized carbons (Fsp3) is 0.273. The number of carbonyl (C=O) groups excluding carboxylic acids is 3. The van der Waals surface area contributed by atoms with Crippen LogP contribution in [-0.2, 0) is 28.0 Å². The molecule has 29 heavy (non-hydrogen) atoms. The molecule has 1 atom stereocenters. The lowest BCUT2D eigenvalue weighted by Gasteiger charge is -2.33. The Morgan fingerprint density at radius 2 is 1.93 bits per heavy atom. The van der Waals surface area contributed by atoms with E-state index in [4.69, 9.17) is 5.26 Å². The van der Waals surface area contributed by atoms with Crippen molar-refractivity contribution in [2.24, 2.45) is 0 Å². The van der Waals surface area contributed by atoms with Crippen LogP contribution in [-0.4, -0.2) is 29.3 Å². The number of anilines is 1. The Balaban J connectivity index is 1.49. The number of carbonyl (C=O) groups is 3. The first-order valence-corrected chi connectivity index (χ1v) is 9.52. The van der Waals surface area contributed by atoms with E-state index < -0.39 is 17.5 Å². The third-order valence-electron chi connectivity index (χ3n) is 5.47. The van der Waals surface area contributed by atoms with E-state index in [1.165, 1.54) is 0 Å². The molecule has 1 saturated heterocycles. The molecule has 2 N–H and O–H groups in total. The van der Waals surface area contributed by atoms with E-state index >= 15 is 0 Å². The molecule has 1 aliphatic heterocycles. The molecule has 1 aliphatic carbocycles. The molecule has 1 spiro atoms. The van der Waals surface area contributed by atoms with Gasteiger partial charge < -0.3 is 10.6 Å². The summed E-state index contributed by atoms with van der Waals surface area (Å²) in [5, 5.41) is 14.3. The van der Waals surface area contributed by atoms with Gasteiger partial charge in [0, 0.05) is 5.69 Å². The van der Waals surface area contributed by atoms with Gasteiger partial charge >= 0.3 is 6.03 Å². The molecule has 2 aliphatic rings. The number of hydrogen-bond donors (Lipinski definition) is 2. The molecule has 146 valence electrons. The largest absolute Gasteiger partial charge is 0.325 e. The normalized spacial score (nSPS) is 20.2. The van der Waals surface area contributed by atoms with Crippen LogP contribution in [0.5, 0.6) is 0 Å². The van der Waals surface area contributed by atoms with Crippen molar-refractivity contribution in [3.8, 4) is 6.07 Å². The highest BCUT2D eigenvalue weighted by atomic mass is 16.2. The van der Waals surface area contributed by atoms with Gasteiger partial charge in [-0.2, -0.15) is 5.26 Å². The summed E-state index contributed by atoms with van der Waals surface area (Å²) >= 11 is 0. The predicted octanol–water partition coefficient (Wildman–Crippen LogP) is 2.47. The van der Waals surface area contributed by atoms with Gasteiger partial charge in [0.05, 0.1) is 12.5 Å². The smallest absolute Gasteiger partial charge is 0.325 e. The van der Waals surface area contributed by atoms with Crippen LogP contribution in [0.4, 0.5) is 10.5 Å². The van der Waals surface area contributed by atoms with Crippen molar-refractivity contribution in [2.45, 2.75) is 31.2 Å². The number of amides is 4. The summed E-state index contributed by atoms with van der Waals surface area (Å²) in [6, 6.07) is 16.0. The van der Waals surface area contributed by atoms with Crippen molar-refractivity contribution in [2.75, 3.05) is 11.9 Å². The first kappa shape index (κ1) is 18.7. The van der Waals surface area contributed by atoms with Crippen LogP contribution in [0, 0.1) is 11.3 Å². The van der Waals surface area contributed by atoms with Crippen molar-refractivity contribution >= 4 is 23.5 Å². The number of rotatable bonds is 4. The molecule has 4 amide bonds. The lowest BCUT2D eigenvalue weighted by Crippen LogP contribution is -2.47. The highest BCUT2D eigenvalue weighted by Gasteiger charge is 2.54. The third-order valence-corrected chi connectivity index (χ3v) is 5.47. The van der Waals surface area contributed by atoms with Gasteiger partial charge in [-0.1, -0.05) is 36.4 Å². The molecule has 1 fully saturated rings. The Bertz CT molecular complexity index is 1030. The molecule has 7 heteroatoms. The zero-order valence-corrected chi connectivity index (χ0v) is 15.8. The molecule has 0 aromatic heterocycles. The number of benzene rings is 2. The van der Waals surface area contributed by atoms with Crippen LogP contribution >= 0.6 is 0 Å². The van der Waals surface area contributed by atoms with E-state index in [1.54, 1.807) is 24.3 Å². The molecule has 0 saturated carbocycles. The van der Waals surface area contributed by atoms with Crippen LogP contribution < -0.4 is 10.6 Å². The molecule has 4 rings (SSSR count). The second-order valence-electron chi connectivity index (χ2n) is 7.32. The molecular formula is C22H20N4O3. The fourth-order valence-corrected chi connectivity index (χ4v) is 4.10. The standard InChI is InChI=1S/C22H20N4O3/c23-13-11-15-7-9-17(10-8-15)24-19(27)14-26-20(28)22(25-21(26)29)12-3-5-16-4-1-2-6-18(16)22/h1-2,4,6-10H,3,5,11-12,14H2,(H,24,27)(H,25,29)/t22-/m1/s1. The van der Waals surface area contributed by atoms with Crippen LogP contribution in [0.2, 0.25) is 0 Å². The summed E-state index contributed by atoms with van der Waals surface area (Å²) in [5.41, 5.74) is 2.18. The maximum absolute atomic E-state index is 13.2. The minimum absolute atomic E-state index is 0.292. The molecule has 2 aromatic carbocycles. The Hall–Kier alpha value is -3.66. The van der Waals surface area contributed by atoms with E-state index in [1.807, 2.05) is 24.3 Å². The van der Waals surface area contributed by atoms with E-state index in [-0.39, 0.29) is 12.5 Å². The molecule has 1 heterocycles. The number of nitriles is 1. The quantitative estimate of drug-likeness (QED) is 0.786. The van der Waals surface area contributed by atoms with E-state index in [0.717, 1.165) is 34.4 Å². The highest BCUT2D eigenvalue weighted by molar-refractivity contribution is 6.10. The van der Waals surface area contributed by atoms with Gasteiger partial charge in [-0.15, -0.1) is 0 Å². The van der Waals surface area contributed by atoms with Crippen LogP contribution in [0.25, 0.3) is 0 Å². The Labute approximate surface area is 168 Å². The lowest BCUT2D eigenvalue weighted by molar-refractivity contribution is -0.134. The zero-order chi connectivity index (χ0) is 20.4. The lowest BCUT2D eigenvalue weighted by atomic mass is 9.76. The number of nitrogens with one attached hydrogen (secondary N) is 2. The van der Waals surface area contributed by atoms with E-state index in [2.05, 4.69) is 16.7 Å². The van der Waals surface area contributed by atoms with Crippen molar-refractivity contribution in [3.05, 3.63) is 65.2 Å². The highest BCUT2D eigenvalue weighted by Crippen LogP contribution is 2.39. The molecule has 0 bridgehead atoms. The van der Waals surface area contributed by atoms with Crippen molar-refractivity contribution in [1.82, 2.24) is 10.2 Å². The van der Waals surface area contributed by atoms with Crippen LogP contribution in [0.15, 0.2) is 48.5 Å². The van der Waals surface area contributed by atoms with Crippen LogP contribution in [0.3, 0.4) is 0 Å². The van der Waals surface area contributed by atoms with Gasteiger partial charge in [-0.3, -0.25) is 14.5 Å². The van der Waals surface area contributed by atoms with Crippen molar-refractivity contribution in [1.29, 1.82) is 5.26 Å². The SMILES string of the molecule is N#CCc1ccc(NC(=O)CN2C(=O)N[C@@]3(CCCc4ccccc43)C2=O)cc1. The number of imide groups is 1. The summed E-state index contributed by atoms with van der Waals surface area (Å²) in [5.74, 6) is -0.836. The molecule has 7 nitrogen and oxygen atoms in total. The Kier molecular flexibility index (Phi) is 4.77. The minimum atomic E-state index is -1.08. The van der Waals surface area contributed by atoms with E-state index in [0.29, 0.717) is 18.5 Å². The van der Waals surface area contributed by atoms with Gasteiger partial charge in [0.1, 0.15) is 12.1 Å². The van der Waals surface area contributed by atoms with Gasteiger partial charge in [0.2, 0.25) is 5.91 Å². The second-order valence-corrected chi connectivity index (χ2v) is 7.32. The Morgan fingerprint density at radius 3 is 2.69 bits per heavy atom. The molecule has 2 aromatic rings. The molecule has 0 radical (unpaired) electrons. The first-order valence-electron chi connectivity index (χ1n) is 9.52. The second kappa shape index (κ2) is 7.40. The number of fused-ring (bicyclic) bond motifs is 2. The predicted molar refractivity (Wildman–Crippen MR) is 106 cm³/mol. The summed E-state index contributed by atoms with van der Waals surface area (Å²) < 4.78 is 0. The van der Waals surface area contributed by atoms with Gasteiger partial charge in [-0.25, -0.2) is 4.79 Å². The summed E-state index contributed by atoms with van der Waals surface area (Å²) in [6.45, 7) is -0.353. The number of hydrogen-bond acceptors (Lipinski definition) is 4. The average molecular weight is 388 g/mol. The van der Waals surface area contributed by atoms with Gasteiger partial charge in [-0.05, 0) is 48.1 Å². The van der Waals surface area contributed by atoms with Gasteiger partial charge in [0.25, 0.3) is 5.91 Å². The maximum Gasteiger partial charge on any atom is 0.325 e. The summed E-state index contributed by atoms with van der Waals surface area (Å²) in [4.78, 5) is 39.2. The minimum Gasteiger partial charge on any atom is -0.325 e. The van der Waals surface area contributed by atoms with E-state index in [9.17, 15) is 14.4 Å². The topological polar surface area (TPSA) is 102 Å². The van der Waals surface area contributed by atoms with Crippen molar-refractivity contribution in [3.63, 3.8) is 0 Å². The molecular weight excluding hydrogens is 368 g/mol. The first-order chi connectivity index (χ1) is 14.0. The Morgan fingerprint density at radius 1 is 1.17 bits per heavy atom. The van der Waals surface area contributed by atoms with Crippen molar-refractivity contribution < 1.29 is 14.4 Å². The van der Waals surface area contributed by atoms with Gasteiger partial charge in [0.15, 0.2) is 0 Å². The summed E-state index contributed by atoms with van der Waals surface area (Å²) in [7, 11) is 0. The number of nitrogens with zero attached hydrogens (tertiary/aromatic N) is 2. The monoisotopic (exact) mass is 388 g/mol.